The lowest BCUT2D eigenvalue weighted by molar-refractivity contribution is 0.268. The van der Waals surface area contributed by atoms with Gasteiger partial charge in [-0.15, -0.1) is 6.58 Å². The van der Waals surface area contributed by atoms with Crippen LogP contribution in [0.4, 0.5) is 0 Å². The fourth-order valence-electron chi connectivity index (χ4n) is 3.04. The van der Waals surface area contributed by atoms with Crippen molar-refractivity contribution in [2.45, 2.75) is 66.2 Å². The average Bonchev–Trinajstić information content (AvgIpc) is 2.43. The predicted molar refractivity (Wildman–Crippen MR) is 106 cm³/mol. The van der Waals surface area contributed by atoms with E-state index in [1.165, 1.54) is 37.7 Å². The first kappa shape index (κ1) is 22.4. The number of nitrogens with one attached hydrogen (secondary N) is 1. The molecule has 0 aromatic heterocycles. The van der Waals surface area contributed by atoms with Gasteiger partial charge in [-0.05, 0) is 70.1 Å². The van der Waals surface area contributed by atoms with E-state index in [1.54, 1.807) is 0 Å². The van der Waals surface area contributed by atoms with E-state index in [0.29, 0.717) is 5.41 Å². The minimum absolute atomic E-state index is 0.227. The molecule has 0 rings (SSSR count). The van der Waals surface area contributed by atoms with Gasteiger partial charge in [0.1, 0.15) is 0 Å². The number of hydrogen-bond donors (Lipinski definition) is 1. The van der Waals surface area contributed by atoms with Crippen molar-refractivity contribution >= 4 is 0 Å². The van der Waals surface area contributed by atoms with Crippen LogP contribution < -0.4 is 5.32 Å². The van der Waals surface area contributed by atoms with Gasteiger partial charge in [0.2, 0.25) is 0 Å². The van der Waals surface area contributed by atoms with Crippen molar-refractivity contribution in [3.8, 4) is 0 Å². The first-order chi connectivity index (χ1) is 10.6. The first-order valence-electron chi connectivity index (χ1n) is 9.27. The summed E-state index contributed by atoms with van der Waals surface area (Å²) in [4.78, 5) is 2.41. The van der Waals surface area contributed by atoms with Crippen molar-refractivity contribution < 1.29 is 0 Å². The van der Waals surface area contributed by atoms with Crippen LogP contribution in [-0.4, -0.2) is 38.6 Å². The molecular weight excluding hydrogens is 280 g/mol. The number of hydrogen-bond acceptors (Lipinski definition) is 2. The van der Waals surface area contributed by atoms with Crippen LogP contribution in [0.25, 0.3) is 0 Å². The third-order valence-corrected chi connectivity index (χ3v) is 4.93. The number of allylic oxidation sites excluding steroid dienone is 1. The fraction of sp³-hybridized carbons (Fsp3) is 0.810. The van der Waals surface area contributed by atoms with Crippen molar-refractivity contribution in [3.05, 3.63) is 24.8 Å². The molecule has 2 heteroatoms. The second kappa shape index (κ2) is 11.0. The molecule has 136 valence electrons. The third kappa shape index (κ3) is 10.7. The van der Waals surface area contributed by atoms with E-state index in [0.717, 1.165) is 26.1 Å². The maximum Gasteiger partial charge on any atom is 0.0192 e. The molecule has 0 aliphatic rings. The van der Waals surface area contributed by atoms with Gasteiger partial charge in [0.15, 0.2) is 0 Å². The van der Waals surface area contributed by atoms with Crippen LogP contribution in [0, 0.1) is 10.8 Å². The molecule has 23 heavy (non-hydrogen) atoms. The molecule has 0 aromatic rings. The van der Waals surface area contributed by atoms with Gasteiger partial charge in [0, 0.05) is 6.54 Å². The Morgan fingerprint density at radius 3 is 2.30 bits per heavy atom. The summed E-state index contributed by atoms with van der Waals surface area (Å²) in [6, 6.07) is 0. The Morgan fingerprint density at radius 1 is 1.09 bits per heavy atom. The SMILES string of the molecule is C=CCCCCN(C)CC(=C)C(C)(C)CCCC(C)(C)CNC. The zero-order valence-corrected chi connectivity index (χ0v) is 16.8. The van der Waals surface area contributed by atoms with E-state index < -0.39 is 0 Å². The highest BCUT2D eigenvalue weighted by atomic mass is 15.1. The van der Waals surface area contributed by atoms with E-state index in [4.69, 9.17) is 0 Å². The van der Waals surface area contributed by atoms with Crippen LogP contribution in [0.1, 0.15) is 66.2 Å². The van der Waals surface area contributed by atoms with Crippen LogP contribution in [-0.2, 0) is 0 Å². The number of rotatable bonds is 14. The molecule has 0 saturated carbocycles. The lowest BCUT2D eigenvalue weighted by Gasteiger charge is -2.32. The summed E-state index contributed by atoms with van der Waals surface area (Å²) in [5.74, 6) is 0. The van der Waals surface area contributed by atoms with Crippen molar-refractivity contribution in [2.75, 3.05) is 33.7 Å². The Hall–Kier alpha value is -0.600. The Bertz CT molecular complexity index is 342. The molecule has 0 radical (unpaired) electrons. The summed E-state index contributed by atoms with van der Waals surface area (Å²) in [6.45, 7) is 20.8. The molecule has 0 aliphatic carbocycles. The fourth-order valence-corrected chi connectivity index (χ4v) is 3.04. The third-order valence-electron chi connectivity index (χ3n) is 4.93. The van der Waals surface area contributed by atoms with Gasteiger partial charge in [0.25, 0.3) is 0 Å². The van der Waals surface area contributed by atoms with E-state index in [-0.39, 0.29) is 5.41 Å². The molecule has 0 aromatic carbocycles. The summed E-state index contributed by atoms with van der Waals surface area (Å²) in [6.07, 6.45) is 9.38. The Labute approximate surface area is 146 Å². The van der Waals surface area contributed by atoms with Gasteiger partial charge >= 0.3 is 0 Å². The van der Waals surface area contributed by atoms with Crippen LogP contribution >= 0.6 is 0 Å². The predicted octanol–water partition coefficient (Wildman–Crippen LogP) is 5.27. The minimum atomic E-state index is 0.227. The lowest BCUT2D eigenvalue weighted by Crippen LogP contribution is -2.29. The van der Waals surface area contributed by atoms with E-state index in [1.807, 2.05) is 13.1 Å². The molecule has 0 fully saturated rings. The summed E-state index contributed by atoms with van der Waals surface area (Å²) >= 11 is 0. The topological polar surface area (TPSA) is 15.3 Å². The maximum absolute atomic E-state index is 4.39. The molecule has 0 aliphatic heterocycles. The smallest absolute Gasteiger partial charge is 0.0192 e. The highest BCUT2D eigenvalue weighted by molar-refractivity contribution is 5.09. The number of likely N-dealkylation sites (N-methyl/N-ethyl adjacent to an activating group) is 1. The van der Waals surface area contributed by atoms with Crippen molar-refractivity contribution in [1.82, 2.24) is 10.2 Å². The minimum Gasteiger partial charge on any atom is -0.319 e. The normalized spacial score (nSPS) is 12.7. The molecule has 2 nitrogen and oxygen atoms in total. The molecule has 0 saturated heterocycles. The maximum atomic E-state index is 4.39. The zero-order chi connectivity index (χ0) is 17.9. The standard InChI is InChI=1S/C21H42N2/c1-9-10-11-12-16-23(8)17-19(2)21(5,6)15-13-14-20(3,4)18-22-7/h9,22H,1-2,10-18H2,3-8H3. The highest BCUT2D eigenvalue weighted by Gasteiger charge is 2.24. The van der Waals surface area contributed by atoms with Gasteiger partial charge in [-0.25, -0.2) is 0 Å². The summed E-state index contributed by atoms with van der Waals surface area (Å²) < 4.78 is 0. The van der Waals surface area contributed by atoms with Crippen LogP contribution in [0.15, 0.2) is 24.8 Å². The van der Waals surface area contributed by atoms with Crippen molar-refractivity contribution in [3.63, 3.8) is 0 Å². The molecule has 1 N–H and O–H groups in total. The summed E-state index contributed by atoms with van der Waals surface area (Å²) in [5, 5.41) is 3.30. The van der Waals surface area contributed by atoms with E-state index in [9.17, 15) is 0 Å². The average molecular weight is 323 g/mol. The Balaban J connectivity index is 4.15. The lowest BCUT2D eigenvalue weighted by atomic mass is 9.77. The van der Waals surface area contributed by atoms with Gasteiger partial charge in [0.05, 0.1) is 0 Å². The number of nitrogens with zero attached hydrogens (tertiary/aromatic N) is 1. The molecule has 0 amide bonds. The van der Waals surface area contributed by atoms with Gasteiger partial charge in [-0.3, -0.25) is 0 Å². The second-order valence-electron chi connectivity index (χ2n) is 8.56. The first-order valence-corrected chi connectivity index (χ1v) is 9.27. The van der Waals surface area contributed by atoms with Crippen molar-refractivity contribution in [2.24, 2.45) is 10.8 Å². The zero-order valence-electron chi connectivity index (χ0n) is 16.8. The van der Waals surface area contributed by atoms with Crippen LogP contribution in [0.2, 0.25) is 0 Å². The van der Waals surface area contributed by atoms with Crippen LogP contribution in [0.5, 0.6) is 0 Å². The number of unbranched alkanes of at least 4 members (excludes halogenated alkanes) is 2. The molecule has 0 bridgehead atoms. The van der Waals surface area contributed by atoms with Crippen molar-refractivity contribution in [1.29, 1.82) is 0 Å². The monoisotopic (exact) mass is 322 g/mol. The Morgan fingerprint density at radius 2 is 1.74 bits per heavy atom. The largest absolute Gasteiger partial charge is 0.319 e. The highest BCUT2D eigenvalue weighted by Crippen LogP contribution is 2.34. The summed E-state index contributed by atoms with van der Waals surface area (Å²) in [5.41, 5.74) is 1.98. The Kier molecular flexibility index (Phi) is 10.8. The quantitative estimate of drug-likeness (QED) is 0.346. The van der Waals surface area contributed by atoms with Gasteiger partial charge in [-0.1, -0.05) is 52.3 Å². The summed E-state index contributed by atoms with van der Waals surface area (Å²) in [7, 11) is 4.25. The van der Waals surface area contributed by atoms with Gasteiger partial charge < -0.3 is 10.2 Å². The second-order valence-corrected chi connectivity index (χ2v) is 8.56. The molecule has 0 heterocycles. The molecule has 0 unspecified atom stereocenters. The molecule has 0 spiro atoms. The van der Waals surface area contributed by atoms with E-state index >= 15 is 0 Å². The molecule has 0 atom stereocenters. The van der Waals surface area contributed by atoms with Gasteiger partial charge in [-0.2, -0.15) is 0 Å². The van der Waals surface area contributed by atoms with E-state index in [2.05, 4.69) is 58.1 Å². The van der Waals surface area contributed by atoms with Crippen LogP contribution in [0.3, 0.4) is 0 Å². The molecular formula is C21H42N2.